The molecule has 0 spiro atoms. The Bertz CT molecular complexity index is 1850. The van der Waals surface area contributed by atoms with Crippen LogP contribution in [0.1, 0.15) is 22.4 Å². The van der Waals surface area contributed by atoms with Gasteiger partial charge >= 0.3 is 21.6 Å². The highest BCUT2D eigenvalue weighted by atomic mass is 32.2. The first kappa shape index (κ1) is 38.5. The van der Waals surface area contributed by atoms with Gasteiger partial charge in [-0.25, -0.2) is 4.98 Å². The molecule has 0 bridgehead atoms. The standard InChI is InChI=1S/C10H7F3N2O3S2.C9H8N2OS.C6H4N2.C3H6O2S/c1-6-8(18-20(16,17)10(11,12)13)15-9(19-6)7-4-2-3-5-14-7;1-6-8(12)11-9(13-6)7-4-2-3-5-10-7;7-5-6-3-1-2-4-8-6;1-2(6)3(4)5/h2-5H,1H3;2-5,12H,1H3;1-4H;2,6H,1H3,(H,4,5). The van der Waals surface area contributed by atoms with Gasteiger partial charge in [0, 0.05) is 18.6 Å². The molecule has 0 saturated carbocycles. The maximum atomic E-state index is 12.2. The molecule has 12 nitrogen and oxygen atoms in total. The number of aryl methyl sites for hydroxylation is 2. The average Bonchev–Trinajstić information content (AvgIpc) is 3.58. The van der Waals surface area contributed by atoms with E-state index in [-0.39, 0.29) is 15.8 Å². The first-order valence-electron chi connectivity index (χ1n) is 12.7. The van der Waals surface area contributed by atoms with Gasteiger partial charge in [0.15, 0.2) is 0 Å². The van der Waals surface area contributed by atoms with Crippen LogP contribution in [0.3, 0.4) is 0 Å². The number of rotatable bonds is 5. The second-order valence-corrected chi connectivity index (χ2v) is 13.3. The number of carboxylic acids is 1. The van der Waals surface area contributed by atoms with Crippen molar-refractivity contribution in [1.29, 1.82) is 5.26 Å². The van der Waals surface area contributed by atoms with E-state index in [4.69, 9.17) is 10.4 Å². The smallest absolute Gasteiger partial charge is 0.492 e. The lowest BCUT2D eigenvalue weighted by atomic mass is 10.4. The van der Waals surface area contributed by atoms with Gasteiger partial charge in [-0.1, -0.05) is 18.2 Å². The highest BCUT2D eigenvalue weighted by molar-refractivity contribution is 7.88. The number of thiazole rings is 2. The van der Waals surface area contributed by atoms with E-state index < -0.39 is 32.7 Å². The number of carboxylic acid groups (broad SMARTS) is 1. The maximum Gasteiger partial charge on any atom is 0.534 e. The van der Waals surface area contributed by atoms with E-state index in [1.54, 1.807) is 48.8 Å². The van der Waals surface area contributed by atoms with Gasteiger partial charge in [0.25, 0.3) is 0 Å². The number of hydrogen-bond acceptors (Lipinski definition) is 14. The topological polar surface area (TPSA) is 189 Å². The lowest BCUT2D eigenvalue weighted by Gasteiger charge is -2.07. The van der Waals surface area contributed by atoms with Gasteiger partial charge in [-0.15, -0.1) is 22.7 Å². The van der Waals surface area contributed by atoms with Crippen LogP contribution < -0.4 is 4.18 Å². The molecule has 0 aliphatic rings. The van der Waals surface area contributed by atoms with Gasteiger partial charge in [0.2, 0.25) is 11.8 Å². The van der Waals surface area contributed by atoms with Crippen molar-refractivity contribution in [3.8, 4) is 39.2 Å². The van der Waals surface area contributed by atoms with E-state index in [0.29, 0.717) is 11.4 Å². The Morgan fingerprint density at radius 2 is 1.38 bits per heavy atom. The van der Waals surface area contributed by atoms with E-state index in [2.05, 4.69) is 41.7 Å². The fourth-order valence-corrected chi connectivity index (χ4v) is 4.75. The maximum absolute atomic E-state index is 12.2. The third-order valence-corrected chi connectivity index (χ3v) is 8.03. The van der Waals surface area contributed by atoms with Crippen LogP contribution in [0.4, 0.5) is 13.2 Å². The predicted octanol–water partition coefficient (Wildman–Crippen LogP) is 6.30. The van der Waals surface area contributed by atoms with Crippen LogP contribution in [0.15, 0.2) is 73.2 Å². The van der Waals surface area contributed by atoms with Crippen molar-refractivity contribution in [2.45, 2.75) is 31.5 Å². The van der Waals surface area contributed by atoms with Gasteiger partial charge in [-0.2, -0.15) is 49.4 Å². The minimum absolute atomic E-state index is 0.102. The molecule has 5 heterocycles. The Morgan fingerprint density at radius 1 is 0.915 bits per heavy atom. The molecule has 5 aromatic rings. The summed E-state index contributed by atoms with van der Waals surface area (Å²) in [6.07, 6.45) is 4.79. The molecule has 0 amide bonds. The minimum Gasteiger partial charge on any atom is -0.492 e. The van der Waals surface area contributed by atoms with E-state index in [1.807, 2.05) is 31.2 Å². The number of aliphatic carboxylic acids is 1. The van der Waals surface area contributed by atoms with Crippen LogP contribution in [-0.2, 0) is 14.9 Å². The van der Waals surface area contributed by atoms with Crippen LogP contribution in [0.25, 0.3) is 21.4 Å². The number of aromatic hydroxyl groups is 1. The number of nitrogens with zero attached hydrogens (tertiary/aromatic N) is 6. The number of pyridine rings is 3. The van der Waals surface area contributed by atoms with Crippen molar-refractivity contribution < 1.29 is 40.8 Å². The number of thiol groups is 1. The molecule has 0 aromatic carbocycles. The zero-order chi connectivity index (χ0) is 35.2. The molecule has 0 fully saturated rings. The average molecular weight is 727 g/mol. The molecular weight excluding hydrogens is 702 g/mol. The third kappa shape index (κ3) is 12.6. The summed E-state index contributed by atoms with van der Waals surface area (Å²) in [6, 6.07) is 17.7. The van der Waals surface area contributed by atoms with Crippen molar-refractivity contribution in [2.75, 3.05) is 0 Å². The highest BCUT2D eigenvalue weighted by Gasteiger charge is 2.49. The van der Waals surface area contributed by atoms with Crippen molar-refractivity contribution >= 4 is 51.4 Å². The van der Waals surface area contributed by atoms with Crippen LogP contribution in [0, 0.1) is 25.2 Å². The van der Waals surface area contributed by atoms with Gasteiger partial charge in [-0.3, -0.25) is 14.8 Å². The van der Waals surface area contributed by atoms with E-state index in [0.717, 1.165) is 26.9 Å². The zero-order valence-electron chi connectivity index (χ0n) is 24.5. The van der Waals surface area contributed by atoms with Gasteiger partial charge in [-0.05, 0) is 57.2 Å². The van der Waals surface area contributed by atoms with Crippen molar-refractivity contribution in [2.24, 2.45) is 0 Å². The molecule has 0 aliphatic heterocycles. The van der Waals surface area contributed by atoms with Crippen LogP contribution >= 0.6 is 35.3 Å². The SMILES string of the molecule is CC(S)C(=O)O.Cc1sc(-c2ccccn2)nc1O.Cc1sc(-c2ccccn2)nc1OS(=O)(=O)C(F)(F)F.N#Cc1ccccn1. The molecular formula is C28H25F3N6O6S4. The highest BCUT2D eigenvalue weighted by Crippen LogP contribution is 2.34. The summed E-state index contributed by atoms with van der Waals surface area (Å²) in [6.45, 7) is 4.75. The minimum atomic E-state index is -5.72. The first-order chi connectivity index (χ1) is 22.1. The lowest BCUT2D eigenvalue weighted by Crippen LogP contribution is -2.28. The first-order valence-corrected chi connectivity index (χ1v) is 16.3. The molecule has 5 aromatic heterocycles. The Kier molecular flexibility index (Phi) is 14.7. The number of halogens is 3. The molecule has 0 aliphatic carbocycles. The predicted molar refractivity (Wildman–Crippen MR) is 172 cm³/mol. The molecule has 0 radical (unpaired) electrons. The number of carbonyl (C=O) groups is 1. The van der Waals surface area contributed by atoms with E-state index >= 15 is 0 Å². The van der Waals surface area contributed by atoms with Crippen LogP contribution in [0.5, 0.6) is 11.8 Å². The molecule has 1 atom stereocenters. The molecule has 47 heavy (non-hydrogen) atoms. The fourth-order valence-electron chi connectivity index (χ4n) is 2.63. The Balaban J connectivity index is 0.000000243. The second-order valence-electron chi connectivity index (χ2n) is 8.53. The number of nitriles is 1. The molecule has 0 saturated heterocycles. The van der Waals surface area contributed by atoms with Gasteiger partial charge in [0.1, 0.15) is 21.8 Å². The summed E-state index contributed by atoms with van der Waals surface area (Å²) in [5.74, 6) is -1.36. The summed E-state index contributed by atoms with van der Waals surface area (Å²) in [7, 11) is -5.72. The van der Waals surface area contributed by atoms with Crippen molar-refractivity contribution in [3.05, 3.63) is 88.6 Å². The molecule has 248 valence electrons. The zero-order valence-corrected chi connectivity index (χ0v) is 27.9. The summed E-state index contributed by atoms with van der Waals surface area (Å²) in [5.41, 5.74) is -3.81. The monoisotopic (exact) mass is 726 g/mol. The van der Waals surface area contributed by atoms with Crippen LogP contribution in [0.2, 0.25) is 0 Å². The number of hydrogen-bond donors (Lipinski definition) is 3. The van der Waals surface area contributed by atoms with E-state index in [9.17, 15) is 31.5 Å². The largest absolute Gasteiger partial charge is 0.534 e. The number of alkyl halides is 3. The lowest BCUT2D eigenvalue weighted by molar-refractivity contribution is -0.136. The van der Waals surface area contributed by atoms with Crippen molar-refractivity contribution in [1.82, 2.24) is 24.9 Å². The second kappa shape index (κ2) is 17.9. The third-order valence-electron chi connectivity index (χ3n) is 4.90. The molecule has 2 N–H and O–H groups in total. The van der Waals surface area contributed by atoms with Crippen molar-refractivity contribution in [3.63, 3.8) is 0 Å². The Hall–Kier alpha value is -4.64. The Labute approximate surface area is 280 Å². The van der Waals surface area contributed by atoms with Gasteiger partial charge < -0.3 is 14.4 Å². The fraction of sp³-hybridized carbons (Fsp3) is 0.179. The quantitative estimate of drug-likeness (QED) is 0.104. The molecule has 5 rings (SSSR count). The summed E-state index contributed by atoms with van der Waals surface area (Å²) >= 11 is 6.03. The summed E-state index contributed by atoms with van der Waals surface area (Å²) < 4.78 is 62.6. The normalized spacial score (nSPS) is 11.2. The number of aromatic nitrogens is 5. The summed E-state index contributed by atoms with van der Waals surface area (Å²) in [5, 5.41) is 25.9. The Morgan fingerprint density at radius 3 is 1.72 bits per heavy atom. The summed E-state index contributed by atoms with van der Waals surface area (Å²) in [4.78, 5) is 30.2. The molecule has 19 heteroatoms. The van der Waals surface area contributed by atoms with Crippen LogP contribution in [-0.4, -0.2) is 60.3 Å². The molecule has 1 unspecified atom stereocenters. The van der Waals surface area contributed by atoms with E-state index in [1.165, 1.54) is 31.4 Å². The van der Waals surface area contributed by atoms with Gasteiger partial charge in [0.05, 0.1) is 26.4 Å².